The second kappa shape index (κ2) is 8.06. The minimum absolute atomic E-state index is 0.0310. The summed E-state index contributed by atoms with van der Waals surface area (Å²) in [6.45, 7) is 2.25. The lowest BCUT2D eigenvalue weighted by atomic mass is 10.0. The van der Waals surface area contributed by atoms with Crippen molar-refractivity contribution in [1.29, 1.82) is 0 Å². The number of nitrogens with one attached hydrogen (secondary N) is 1. The molecule has 1 saturated heterocycles. The molecule has 6 rings (SSSR count). The van der Waals surface area contributed by atoms with Crippen LogP contribution < -0.4 is 5.69 Å². The summed E-state index contributed by atoms with van der Waals surface area (Å²) >= 11 is 0. The van der Waals surface area contributed by atoms with Crippen molar-refractivity contribution in [2.24, 2.45) is 5.92 Å². The molecule has 0 radical (unpaired) electrons. The van der Waals surface area contributed by atoms with Crippen LogP contribution in [0.1, 0.15) is 38.5 Å². The molecule has 1 N–H and O–H groups in total. The molecule has 7 heteroatoms. The number of hydrogen-bond acceptors (Lipinski definition) is 4. The molecule has 32 heavy (non-hydrogen) atoms. The van der Waals surface area contributed by atoms with Crippen molar-refractivity contribution in [3.8, 4) is 11.1 Å². The molecule has 0 saturated carbocycles. The zero-order valence-electron chi connectivity index (χ0n) is 18.1. The first-order chi connectivity index (χ1) is 15.8. The maximum absolute atomic E-state index is 13.6. The van der Waals surface area contributed by atoms with Crippen LogP contribution in [-0.4, -0.2) is 37.3 Å². The smallest absolute Gasteiger partial charge is 0.334 e. The normalized spacial score (nSPS) is 17.8. The Morgan fingerprint density at radius 1 is 1.09 bits per heavy atom. The number of nitrogens with zero attached hydrogens (tertiary/aromatic N) is 4. The Labute approximate surface area is 185 Å². The van der Waals surface area contributed by atoms with Gasteiger partial charge in [0.15, 0.2) is 5.65 Å². The van der Waals surface area contributed by atoms with Crippen LogP contribution in [-0.2, 0) is 11.3 Å². The summed E-state index contributed by atoms with van der Waals surface area (Å²) < 4.78 is 9.33. The first-order valence-corrected chi connectivity index (χ1v) is 11.6. The highest BCUT2D eigenvalue weighted by Gasteiger charge is 2.22. The Morgan fingerprint density at radius 2 is 1.94 bits per heavy atom. The summed E-state index contributed by atoms with van der Waals surface area (Å²) in [7, 11) is 0. The number of aromatic amines is 1. The van der Waals surface area contributed by atoms with Crippen LogP contribution in [0, 0.1) is 5.92 Å². The molecule has 164 valence electrons. The summed E-state index contributed by atoms with van der Waals surface area (Å²) in [6.07, 6.45) is 14.1. The number of aromatic nitrogens is 5. The van der Waals surface area contributed by atoms with Crippen molar-refractivity contribution in [1.82, 2.24) is 24.1 Å². The van der Waals surface area contributed by atoms with Gasteiger partial charge in [-0.05, 0) is 62.6 Å². The van der Waals surface area contributed by atoms with Crippen LogP contribution in [0.2, 0.25) is 0 Å². The fourth-order valence-corrected chi connectivity index (χ4v) is 5.03. The number of hydrogen-bond donors (Lipinski definition) is 1. The molecule has 7 nitrogen and oxygen atoms in total. The number of H-pyrrole nitrogens is 1. The second-order valence-electron chi connectivity index (χ2n) is 8.93. The van der Waals surface area contributed by atoms with Crippen molar-refractivity contribution >= 4 is 27.9 Å². The van der Waals surface area contributed by atoms with Crippen molar-refractivity contribution < 1.29 is 4.74 Å². The van der Waals surface area contributed by atoms with Gasteiger partial charge in [-0.25, -0.2) is 19.3 Å². The average Bonchev–Trinajstić information content (AvgIpc) is 3.42. The van der Waals surface area contributed by atoms with Gasteiger partial charge >= 0.3 is 5.69 Å². The molecule has 0 atom stereocenters. The third kappa shape index (κ3) is 3.37. The largest absolute Gasteiger partial charge is 0.381 e. The molecular formula is C25H27N5O2. The number of pyridine rings is 2. The van der Waals surface area contributed by atoms with Gasteiger partial charge in [-0.15, -0.1) is 0 Å². The highest BCUT2D eigenvalue weighted by Crippen LogP contribution is 2.29. The molecule has 4 aromatic rings. The first-order valence-electron chi connectivity index (χ1n) is 11.6. The molecule has 1 aliphatic heterocycles. The van der Waals surface area contributed by atoms with Gasteiger partial charge in [0.05, 0.1) is 5.52 Å². The predicted molar refractivity (Wildman–Crippen MR) is 125 cm³/mol. The highest BCUT2D eigenvalue weighted by molar-refractivity contribution is 5.85. The van der Waals surface area contributed by atoms with Gasteiger partial charge < -0.3 is 9.72 Å². The molecule has 1 fully saturated rings. The Hall–Kier alpha value is -3.19. The maximum atomic E-state index is 13.6. The highest BCUT2D eigenvalue weighted by atomic mass is 16.5. The lowest BCUT2D eigenvalue weighted by Crippen LogP contribution is -2.29. The van der Waals surface area contributed by atoms with Crippen LogP contribution in [0.5, 0.6) is 0 Å². The van der Waals surface area contributed by atoms with E-state index in [0.717, 1.165) is 84.3 Å². The van der Waals surface area contributed by atoms with Crippen molar-refractivity contribution in [3.05, 3.63) is 53.3 Å². The van der Waals surface area contributed by atoms with E-state index in [1.807, 2.05) is 33.8 Å². The van der Waals surface area contributed by atoms with Gasteiger partial charge in [0.25, 0.3) is 0 Å². The van der Waals surface area contributed by atoms with E-state index in [2.05, 4.69) is 28.2 Å². The molecule has 0 amide bonds. The third-order valence-corrected chi connectivity index (χ3v) is 6.84. The number of imidazole rings is 1. The lowest BCUT2D eigenvalue weighted by Gasteiger charge is -2.22. The van der Waals surface area contributed by atoms with Crippen molar-refractivity contribution in [2.45, 2.75) is 45.1 Å². The molecule has 0 unspecified atom stereocenters. The molecule has 1 aliphatic carbocycles. The Balaban J connectivity index is 1.50. The molecule has 0 bridgehead atoms. The van der Waals surface area contributed by atoms with Crippen LogP contribution in [0.4, 0.5) is 0 Å². The zero-order chi connectivity index (χ0) is 21.5. The monoisotopic (exact) mass is 429 g/mol. The van der Waals surface area contributed by atoms with E-state index in [4.69, 9.17) is 9.72 Å². The quantitative estimate of drug-likeness (QED) is 0.515. The molecule has 2 aliphatic rings. The van der Waals surface area contributed by atoms with E-state index in [1.54, 1.807) is 0 Å². The summed E-state index contributed by atoms with van der Waals surface area (Å²) in [4.78, 5) is 26.1. The van der Waals surface area contributed by atoms with E-state index in [1.165, 1.54) is 6.42 Å². The lowest BCUT2D eigenvalue weighted by molar-refractivity contribution is 0.0613. The number of rotatable bonds is 4. The maximum Gasteiger partial charge on any atom is 0.334 e. The fraction of sp³-hybridized carbons (Fsp3) is 0.400. The van der Waals surface area contributed by atoms with E-state index < -0.39 is 0 Å². The molecule has 5 heterocycles. The summed E-state index contributed by atoms with van der Waals surface area (Å²) in [5.74, 6) is 0.447. The van der Waals surface area contributed by atoms with Gasteiger partial charge in [0, 0.05) is 60.6 Å². The van der Waals surface area contributed by atoms with Crippen molar-refractivity contribution in [2.75, 3.05) is 13.2 Å². The fourth-order valence-electron chi connectivity index (χ4n) is 5.03. The Kier molecular flexibility index (Phi) is 4.91. The van der Waals surface area contributed by atoms with Gasteiger partial charge in [-0.1, -0.05) is 6.08 Å². The first kappa shape index (κ1) is 19.5. The summed E-state index contributed by atoms with van der Waals surface area (Å²) in [6, 6.07) is 6.24. The number of allylic oxidation sites excluding steroid dienone is 2. The topological polar surface area (TPSA) is 77.7 Å². The average molecular weight is 430 g/mol. The molecule has 0 spiro atoms. The number of ether oxygens (including phenoxy) is 1. The van der Waals surface area contributed by atoms with Gasteiger partial charge in [0.1, 0.15) is 5.65 Å². The van der Waals surface area contributed by atoms with Crippen LogP contribution in [0.3, 0.4) is 0 Å². The Morgan fingerprint density at radius 3 is 2.78 bits per heavy atom. The SMILES string of the molecule is O=c1n(CC2CCOCC2)c2cc(-c3cnc4[nH]ccc4c3)cnc2n1C1=CCCCC1. The van der Waals surface area contributed by atoms with E-state index in [9.17, 15) is 4.79 Å². The summed E-state index contributed by atoms with van der Waals surface area (Å²) in [5, 5.41) is 1.06. The number of fused-ring (bicyclic) bond motifs is 2. The van der Waals surface area contributed by atoms with E-state index in [-0.39, 0.29) is 5.69 Å². The zero-order valence-corrected chi connectivity index (χ0v) is 18.1. The van der Waals surface area contributed by atoms with Crippen LogP contribution in [0.15, 0.2) is 47.7 Å². The van der Waals surface area contributed by atoms with Gasteiger partial charge in [-0.2, -0.15) is 0 Å². The van der Waals surface area contributed by atoms with Crippen molar-refractivity contribution in [3.63, 3.8) is 0 Å². The molecular weight excluding hydrogens is 402 g/mol. The second-order valence-corrected chi connectivity index (χ2v) is 8.93. The van der Waals surface area contributed by atoms with Gasteiger partial charge in [0.2, 0.25) is 0 Å². The minimum atomic E-state index is 0.0310. The third-order valence-electron chi connectivity index (χ3n) is 6.84. The van der Waals surface area contributed by atoms with E-state index >= 15 is 0 Å². The van der Waals surface area contributed by atoms with Crippen LogP contribution in [0.25, 0.3) is 39.0 Å². The summed E-state index contributed by atoms with van der Waals surface area (Å²) in [5.41, 5.74) is 5.63. The van der Waals surface area contributed by atoms with E-state index in [0.29, 0.717) is 12.5 Å². The van der Waals surface area contributed by atoms with Gasteiger partial charge in [-0.3, -0.25) is 4.57 Å². The minimum Gasteiger partial charge on any atom is -0.381 e. The molecule has 0 aromatic carbocycles. The molecule has 4 aromatic heterocycles. The van der Waals surface area contributed by atoms with Crippen LogP contribution >= 0.6 is 0 Å². The Bertz CT molecular complexity index is 1370. The predicted octanol–water partition coefficient (Wildman–Crippen LogP) is 4.58. The standard InChI is InChI=1S/C25H27N5O2/c31-25-29(16-17-7-10-32-11-8-17)22-13-20(19-12-18-6-9-26-23(18)27-14-19)15-28-24(22)30(25)21-4-2-1-3-5-21/h4,6,9,12-15,17H,1-3,5,7-8,10-11,16H2,(H,26,27).